The van der Waals surface area contributed by atoms with Gasteiger partial charge in [0.1, 0.15) is 17.5 Å². The number of hydrogen-bond acceptors (Lipinski definition) is 6. The first-order valence-electron chi connectivity index (χ1n) is 7.37. The minimum Gasteiger partial charge on any atom is -0.373 e. The van der Waals surface area contributed by atoms with Crippen molar-refractivity contribution in [3.05, 3.63) is 23.8 Å². The van der Waals surface area contributed by atoms with Gasteiger partial charge < -0.3 is 10.6 Å². The Hall–Kier alpha value is -2.18. The number of anilines is 2. The van der Waals surface area contributed by atoms with Crippen LogP contribution in [0.2, 0.25) is 0 Å². The van der Waals surface area contributed by atoms with E-state index < -0.39 is 0 Å². The summed E-state index contributed by atoms with van der Waals surface area (Å²) in [6.07, 6.45) is 6.46. The van der Waals surface area contributed by atoms with E-state index in [1.807, 2.05) is 24.9 Å². The third-order valence-electron chi connectivity index (χ3n) is 3.23. The number of nitrogens with one attached hydrogen (secondary N) is 2. The minimum atomic E-state index is 0.840. The van der Waals surface area contributed by atoms with Gasteiger partial charge in [0.05, 0.1) is 6.20 Å². The molecule has 0 unspecified atom stereocenters. The zero-order valence-corrected chi connectivity index (χ0v) is 12.9. The van der Waals surface area contributed by atoms with Crippen LogP contribution >= 0.6 is 0 Å². The van der Waals surface area contributed by atoms with E-state index in [0.29, 0.717) is 0 Å². The third kappa shape index (κ3) is 4.14. The van der Waals surface area contributed by atoms with Gasteiger partial charge in [0.15, 0.2) is 0 Å². The average Bonchev–Trinajstić information content (AvgIpc) is 2.99. The first-order valence-corrected chi connectivity index (χ1v) is 7.37. The second-order valence-corrected chi connectivity index (χ2v) is 4.91. The van der Waals surface area contributed by atoms with Gasteiger partial charge in [-0.2, -0.15) is 0 Å². The predicted molar refractivity (Wildman–Crippen MR) is 83.4 cm³/mol. The fourth-order valence-electron chi connectivity index (χ4n) is 2.11. The van der Waals surface area contributed by atoms with Gasteiger partial charge in [0, 0.05) is 38.3 Å². The number of aryl methyl sites for hydroxylation is 2. The molecule has 0 aliphatic heterocycles. The van der Waals surface area contributed by atoms with Crippen LogP contribution in [0.3, 0.4) is 0 Å². The van der Waals surface area contributed by atoms with Crippen LogP contribution in [0, 0.1) is 6.92 Å². The normalized spacial score (nSPS) is 10.6. The van der Waals surface area contributed by atoms with Crippen molar-refractivity contribution in [3.8, 4) is 0 Å². The summed E-state index contributed by atoms with van der Waals surface area (Å²) in [4.78, 5) is 9.13. The summed E-state index contributed by atoms with van der Waals surface area (Å²) in [5, 5.41) is 14.3. The fraction of sp³-hybridized carbons (Fsp3) is 0.571. The number of nitrogens with zero attached hydrogens (tertiary/aromatic N) is 5. The summed E-state index contributed by atoms with van der Waals surface area (Å²) in [5.41, 5.74) is 1.05. The molecule has 0 aromatic carbocycles. The van der Waals surface area contributed by atoms with Gasteiger partial charge in [-0.3, -0.25) is 4.68 Å². The van der Waals surface area contributed by atoms with Gasteiger partial charge in [-0.05, 0) is 19.8 Å². The first kappa shape index (κ1) is 15.2. The fourth-order valence-corrected chi connectivity index (χ4v) is 2.11. The minimum absolute atomic E-state index is 0.840. The van der Waals surface area contributed by atoms with Gasteiger partial charge in [0.25, 0.3) is 0 Å². The molecule has 114 valence electrons. The molecular weight excluding hydrogens is 266 g/mol. The summed E-state index contributed by atoms with van der Waals surface area (Å²) >= 11 is 0. The maximum Gasteiger partial charge on any atom is 0.134 e. The van der Waals surface area contributed by atoms with E-state index in [2.05, 4.69) is 37.8 Å². The van der Waals surface area contributed by atoms with Crippen molar-refractivity contribution in [2.24, 2.45) is 0 Å². The molecule has 2 N–H and O–H groups in total. The highest BCUT2D eigenvalue weighted by Crippen LogP contribution is 2.20. The average molecular weight is 289 g/mol. The zero-order chi connectivity index (χ0) is 15.1. The second kappa shape index (κ2) is 7.56. The Morgan fingerprint density at radius 2 is 2.05 bits per heavy atom. The van der Waals surface area contributed by atoms with Crippen LogP contribution in [-0.4, -0.2) is 38.6 Å². The Morgan fingerprint density at radius 3 is 2.71 bits per heavy atom. The molecule has 0 saturated carbocycles. The van der Waals surface area contributed by atoms with Crippen LogP contribution < -0.4 is 10.6 Å². The quantitative estimate of drug-likeness (QED) is 0.722. The van der Waals surface area contributed by atoms with E-state index in [0.717, 1.165) is 55.4 Å². The van der Waals surface area contributed by atoms with Gasteiger partial charge >= 0.3 is 0 Å². The van der Waals surface area contributed by atoms with Crippen molar-refractivity contribution in [2.45, 2.75) is 39.7 Å². The summed E-state index contributed by atoms with van der Waals surface area (Å²) in [7, 11) is 1.89. The molecule has 0 atom stereocenters. The molecule has 0 aliphatic carbocycles. The standard InChI is InChI=1S/C14H23N7/c1-4-6-12-18-13(15-3)11(2)14(19-12)16-7-5-9-21-10-8-17-20-21/h8,10H,4-7,9H2,1-3H3,(H2,15,16,18,19). The lowest BCUT2D eigenvalue weighted by molar-refractivity contribution is 0.569. The molecule has 2 aromatic heterocycles. The molecule has 2 rings (SSSR count). The van der Waals surface area contributed by atoms with E-state index in [-0.39, 0.29) is 0 Å². The Kier molecular flexibility index (Phi) is 5.48. The molecule has 7 heteroatoms. The van der Waals surface area contributed by atoms with Gasteiger partial charge in [0.2, 0.25) is 0 Å². The monoisotopic (exact) mass is 289 g/mol. The zero-order valence-electron chi connectivity index (χ0n) is 12.9. The van der Waals surface area contributed by atoms with E-state index >= 15 is 0 Å². The molecule has 2 aromatic rings. The summed E-state index contributed by atoms with van der Waals surface area (Å²) in [6.45, 7) is 5.85. The van der Waals surface area contributed by atoms with Crippen molar-refractivity contribution in [1.82, 2.24) is 25.0 Å². The topological polar surface area (TPSA) is 80.5 Å². The largest absolute Gasteiger partial charge is 0.373 e. The highest BCUT2D eigenvalue weighted by Gasteiger charge is 2.09. The maximum atomic E-state index is 4.61. The van der Waals surface area contributed by atoms with Crippen LogP contribution in [0.4, 0.5) is 11.6 Å². The van der Waals surface area contributed by atoms with Crippen molar-refractivity contribution in [3.63, 3.8) is 0 Å². The van der Waals surface area contributed by atoms with E-state index in [1.54, 1.807) is 6.20 Å². The van der Waals surface area contributed by atoms with E-state index in [4.69, 9.17) is 0 Å². The Bertz CT molecular complexity index is 551. The molecule has 0 amide bonds. The van der Waals surface area contributed by atoms with Crippen molar-refractivity contribution < 1.29 is 0 Å². The smallest absolute Gasteiger partial charge is 0.134 e. The number of rotatable bonds is 8. The highest BCUT2D eigenvalue weighted by atomic mass is 15.4. The number of aromatic nitrogens is 5. The molecule has 0 spiro atoms. The van der Waals surface area contributed by atoms with Gasteiger partial charge in [-0.1, -0.05) is 12.1 Å². The third-order valence-corrected chi connectivity index (χ3v) is 3.23. The molecule has 7 nitrogen and oxygen atoms in total. The van der Waals surface area contributed by atoms with Crippen molar-refractivity contribution in [2.75, 3.05) is 24.2 Å². The van der Waals surface area contributed by atoms with Crippen LogP contribution in [0.15, 0.2) is 12.4 Å². The lowest BCUT2D eigenvalue weighted by Crippen LogP contribution is -2.12. The van der Waals surface area contributed by atoms with Crippen molar-refractivity contribution in [1.29, 1.82) is 0 Å². The van der Waals surface area contributed by atoms with Crippen LogP contribution in [0.25, 0.3) is 0 Å². The lowest BCUT2D eigenvalue weighted by Gasteiger charge is -2.13. The Labute approximate surface area is 125 Å². The highest BCUT2D eigenvalue weighted by molar-refractivity contribution is 5.56. The van der Waals surface area contributed by atoms with E-state index in [1.165, 1.54) is 0 Å². The van der Waals surface area contributed by atoms with Gasteiger partial charge in [-0.15, -0.1) is 5.10 Å². The molecule has 0 saturated heterocycles. The Morgan fingerprint density at radius 1 is 1.24 bits per heavy atom. The van der Waals surface area contributed by atoms with Crippen LogP contribution in [0.1, 0.15) is 31.2 Å². The lowest BCUT2D eigenvalue weighted by atomic mass is 10.2. The molecule has 2 heterocycles. The molecule has 21 heavy (non-hydrogen) atoms. The van der Waals surface area contributed by atoms with Gasteiger partial charge in [-0.25, -0.2) is 9.97 Å². The second-order valence-electron chi connectivity index (χ2n) is 4.91. The first-order chi connectivity index (χ1) is 10.2. The predicted octanol–water partition coefficient (Wildman–Crippen LogP) is 1.87. The maximum absolute atomic E-state index is 4.61. The van der Waals surface area contributed by atoms with Crippen molar-refractivity contribution >= 4 is 11.6 Å². The summed E-state index contributed by atoms with van der Waals surface area (Å²) < 4.78 is 1.83. The number of hydrogen-bond donors (Lipinski definition) is 2. The van der Waals surface area contributed by atoms with Crippen LogP contribution in [0.5, 0.6) is 0 Å². The summed E-state index contributed by atoms with van der Waals surface area (Å²) in [5.74, 6) is 2.69. The summed E-state index contributed by atoms with van der Waals surface area (Å²) in [6, 6.07) is 0. The molecule has 0 bridgehead atoms. The van der Waals surface area contributed by atoms with Crippen LogP contribution in [-0.2, 0) is 13.0 Å². The SMILES string of the molecule is CCCc1nc(NC)c(C)c(NCCCn2ccnn2)n1. The molecule has 0 aliphatic rings. The molecule has 0 radical (unpaired) electrons. The Balaban J connectivity index is 1.96. The molecule has 0 fully saturated rings. The molecular formula is C14H23N7. The van der Waals surface area contributed by atoms with E-state index in [9.17, 15) is 0 Å².